The van der Waals surface area contributed by atoms with E-state index in [1.165, 1.54) is 0 Å². The van der Waals surface area contributed by atoms with Crippen LogP contribution in [0.2, 0.25) is 0 Å². The van der Waals surface area contributed by atoms with Gasteiger partial charge in [0.1, 0.15) is 5.82 Å². The molecule has 0 saturated carbocycles. The quantitative estimate of drug-likeness (QED) is 0.806. The van der Waals surface area contributed by atoms with Crippen LogP contribution in [-0.4, -0.2) is 30.0 Å². The fourth-order valence-corrected chi connectivity index (χ4v) is 2.21. The molecule has 3 aromatic rings. The lowest BCUT2D eigenvalue weighted by Gasteiger charge is -2.12. The lowest BCUT2D eigenvalue weighted by atomic mass is 10.1. The Bertz CT molecular complexity index is 807. The van der Waals surface area contributed by atoms with Crippen LogP contribution in [0.25, 0.3) is 10.9 Å². The first-order valence-electron chi connectivity index (χ1n) is 6.93. The maximum atomic E-state index is 12.5. The number of pyridine rings is 2. The molecule has 0 aliphatic heterocycles. The van der Waals surface area contributed by atoms with E-state index in [9.17, 15) is 4.79 Å². The maximum absolute atomic E-state index is 12.5. The van der Waals surface area contributed by atoms with Crippen LogP contribution in [0.4, 0.5) is 11.5 Å². The first-order chi connectivity index (χ1) is 10.6. The third-order valence-electron chi connectivity index (χ3n) is 3.34. The van der Waals surface area contributed by atoms with Crippen LogP contribution in [0.3, 0.4) is 0 Å². The number of hydrogen-bond acceptors (Lipinski definition) is 4. The van der Waals surface area contributed by atoms with E-state index in [-0.39, 0.29) is 5.91 Å². The van der Waals surface area contributed by atoms with Gasteiger partial charge >= 0.3 is 0 Å². The monoisotopic (exact) mass is 292 g/mol. The van der Waals surface area contributed by atoms with Crippen LogP contribution < -0.4 is 10.2 Å². The van der Waals surface area contributed by atoms with E-state index in [1.807, 2.05) is 55.4 Å². The predicted octanol–water partition coefficient (Wildman–Crippen LogP) is 2.95. The number of nitrogens with one attached hydrogen (secondary N) is 1. The lowest BCUT2D eigenvalue weighted by Crippen LogP contribution is -2.14. The number of carbonyl (C=O) groups excluding carboxylic acids is 1. The summed E-state index contributed by atoms with van der Waals surface area (Å²) in [7, 11) is 3.84. The highest BCUT2D eigenvalue weighted by Crippen LogP contribution is 2.18. The fourth-order valence-electron chi connectivity index (χ4n) is 2.21. The normalized spacial score (nSPS) is 10.5. The van der Waals surface area contributed by atoms with Gasteiger partial charge in [-0.2, -0.15) is 0 Å². The summed E-state index contributed by atoms with van der Waals surface area (Å²) in [5.74, 6) is 0.647. The Labute approximate surface area is 128 Å². The van der Waals surface area contributed by atoms with Crippen LogP contribution in [0, 0.1) is 0 Å². The molecule has 0 radical (unpaired) electrons. The number of para-hydroxylation sites is 1. The largest absolute Gasteiger partial charge is 0.363 e. The van der Waals surface area contributed by atoms with E-state index in [1.54, 1.807) is 18.5 Å². The van der Waals surface area contributed by atoms with Crippen molar-refractivity contribution in [3.8, 4) is 0 Å². The molecule has 0 aliphatic rings. The van der Waals surface area contributed by atoms with Crippen molar-refractivity contribution in [2.24, 2.45) is 0 Å². The fraction of sp³-hybridized carbons (Fsp3) is 0.118. The summed E-state index contributed by atoms with van der Waals surface area (Å²) in [6, 6.07) is 13.0. The van der Waals surface area contributed by atoms with Crippen molar-refractivity contribution >= 4 is 28.3 Å². The molecule has 5 heteroatoms. The highest BCUT2D eigenvalue weighted by molar-refractivity contribution is 6.11. The summed E-state index contributed by atoms with van der Waals surface area (Å²) in [4.78, 5) is 22.9. The van der Waals surface area contributed by atoms with Gasteiger partial charge in [0.15, 0.2) is 0 Å². The van der Waals surface area contributed by atoms with Crippen molar-refractivity contribution in [3.63, 3.8) is 0 Å². The molecule has 0 aliphatic carbocycles. The Morgan fingerprint density at radius 3 is 2.59 bits per heavy atom. The second kappa shape index (κ2) is 5.81. The number of carbonyl (C=O) groups is 1. The molecule has 1 N–H and O–H groups in total. The van der Waals surface area contributed by atoms with Gasteiger partial charge < -0.3 is 10.2 Å². The van der Waals surface area contributed by atoms with Crippen molar-refractivity contribution in [2.45, 2.75) is 0 Å². The molecule has 0 unspecified atom stereocenters. The number of fused-ring (bicyclic) bond motifs is 1. The van der Waals surface area contributed by atoms with Gasteiger partial charge in [0.2, 0.25) is 0 Å². The van der Waals surface area contributed by atoms with Gasteiger partial charge in [-0.05, 0) is 24.3 Å². The van der Waals surface area contributed by atoms with E-state index in [2.05, 4.69) is 15.3 Å². The van der Waals surface area contributed by atoms with Crippen molar-refractivity contribution < 1.29 is 4.79 Å². The van der Waals surface area contributed by atoms with Gasteiger partial charge in [-0.3, -0.25) is 9.78 Å². The van der Waals surface area contributed by atoms with E-state index in [4.69, 9.17) is 0 Å². The highest BCUT2D eigenvalue weighted by atomic mass is 16.1. The predicted molar refractivity (Wildman–Crippen MR) is 88.3 cm³/mol. The van der Waals surface area contributed by atoms with Gasteiger partial charge in [0.25, 0.3) is 5.91 Å². The van der Waals surface area contributed by atoms with E-state index >= 15 is 0 Å². The number of benzene rings is 1. The minimum atomic E-state index is -0.191. The van der Waals surface area contributed by atoms with Crippen LogP contribution in [0.1, 0.15) is 10.4 Å². The molecule has 22 heavy (non-hydrogen) atoms. The van der Waals surface area contributed by atoms with Crippen LogP contribution in [-0.2, 0) is 0 Å². The first-order valence-corrected chi connectivity index (χ1v) is 6.93. The molecule has 0 atom stereocenters. The minimum absolute atomic E-state index is 0.191. The Hall–Kier alpha value is -2.95. The third-order valence-corrected chi connectivity index (χ3v) is 3.34. The molecular formula is C17H16N4O. The summed E-state index contributed by atoms with van der Waals surface area (Å²) >= 11 is 0. The molecular weight excluding hydrogens is 276 g/mol. The summed E-state index contributed by atoms with van der Waals surface area (Å²) in [6.07, 6.45) is 3.33. The molecule has 5 nitrogen and oxygen atoms in total. The summed E-state index contributed by atoms with van der Waals surface area (Å²) in [5.41, 5.74) is 1.90. The first kappa shape index (κ1) is 14.0. The van der Waals surface area contributed by atoms with Gasteiger partial charge in [0, 0.05) is 25.7 Å². The Kier molecular flexibility index (Phi) is 3.70. The number of amides is 1. The summed E-state index contributed by atoms with van der Waals surface area (Å²) in [5, 5.41) is 3.80. The van der Waals surface area contributed by atoms with Gasteiger partial charge in [-0.25, -0.2) is 4.98 Å². The molecule has 1 aromatic carbocycles. The second-order valence-corrected chi connectivity index (χ2v) is 5.13. The number of nitrogens with zero attached hydrogens (tertiary/aromatic N) is 3. The summed E-state index contributed by atoms with van der Waals surface area (Å²) in [6.45, 7) is 0. The van der Waals surface area contributed by atoms with E-state index < -0.39 is 0 Å². The molecule has 2 heterocycles. The molecule has 0 saturated heterocycles. The minimum Gasteiger partial charge on any atom is -0.363 e. The van der Waals surface area contributed by atoms with E-state index in [0.717, 1.165) is 11.2 Å². The SMILES string of the molecule is CN(C)c1ccc(NC(=O)c2cccc3cccnc23)cn1. The number of anilines is 2. The lowest BCUT2D eigenvalue weighted by molar-refractivity contribution is 0.102. The van der Waals surface area contributed by atoms with E-state index in [0.29, 0.717) is 16.8 Å². The average Bonchev–Trinajstić information content (AvgIpc) is 2.54. The molecule has 3 rings (SSSR count). The van der Waals surface area contributed by atoms with Crippen LogP contribution in [0.5, 0.6) is 0 Å². The molecule has 0 fully saturated rings. The van der Waals surface area contributed by atoms with Crippen molar-refractivity contribution in [2.75, 3.05) is 24.3 Å². The molecule has 2 aromatic heterocycles. The number of hydrogen-bond donors (Lipinski definition) is 1. The molecule has 0 spiro atoms. The Morgan fingerprint density at radius 1 is 1.05 bits per heavy atom. The topological polar surface area (TPSA) is 58.1 Å². The van der Waals surface area contributed by atoms with Crippen molar-refractivity contribution in [3.05, 3.63) is 60.4 Å². The zero-order valence-corrected chi connectivity index (χ0v) is 12.4. The second-order valence-electron chi connectivity index (χ2n) is 5.13. The number of aromatic nitrogens is 2. The van der Waals surface area contributed by atoms with Crippen LogP contribution in [0.15, 0.2) is 54.9 Å². The van der Waals surface area contributed by atoms with Gasteiger partial charge in [0.05, 0.1) is 23.0 Å². The van der Waals surface area contributed by atoms with Crippen LogP contribution >= 0.6 is 0 Å². The highest BCUT2D eigenvalue weighted by Gasteiger charge is 2.11. The summed E-state index contributed by atoms with van der Waals surface area (Å²) < 4.78 is 0. The van der Waals surface area contributed by atoms with Crippen molar-refractivity contribution in [1.82, 2.24) is 9.97 Å². The zero-order chi connectivity index (χ0) is 15.5. The average molecular weight is 292 g/mol. The zero-order valence-electron chi connectivity index (χ0n) is 12.4. The Morgan fingerprint density at radius 2 is 1.86 bits per heavy atom. The Balaban J connectivity index is 1.87. The van der Waals surface area contributed by atoms with Crippen molar-refractivity contribution in [1.29, 1.82) is 0 Å². The molecule has 0 bridgehead atoms. The third kappa shape index (κ3) is 2.74. The van der Waals surface area contributed by atoms with Gasteiger partial charge in [-0.1, -0.05) is 18.2 Å². The number of rotatable bonds is 3. The maximum Gasteiger partial charge on any atom is 0.257 e. The molecule has 110 valence electrons. The smallest absolute Gasteiger partial charge is 0.257 e. The standard InChI is InChI=1S/C17H16N4O/c1-21(2)15-9-8-13(11-19-15)20-17(22)14-7-3-5-12-6-4-10-18-16(12)14/h3-11H,1-2H3,(H,20,22). The van der Waals surface area contributed by atoms with Gasteiger partial charge in [-0.15, -0.1) is 0 Å². The molecule has 1 amide bonds.